The molecule has 0 unspecified atom stereocenters. The zero-order valence-corrected chi connectivity index (χ0v) is 14.0. The number of aromatic nitrogens is 3. The van der Waals surface area contributed by atoms with Crippen LogP contribution in [0.25, 0.3) is 0 Å². The molecule has 3 N–H and O–H groups in total. The van der Waals surface area contributed by atoms with Crippen LogP contribution in [0.4, 0.5) is 23.5 Å². The first-order valence-electron chi connectivity index (χ1n) is 6.83. The molecule has 6 nitrogen and oxygen atoms in total. The van der Waals surface area contributed by atoms with Crippen LogP contribution in [0.1, 0.15) is 19.4 Å². The van der Waals surface area contributed by atoms with Gasteiger partial charge < -0.3 is 16.0 Å². The number of anilines is 4. The van der Waals surface area contributed by atoms with Gasteiger partial charge in [-0.1, -0.05) is 22.0 Å². The Kier molecular flexibility index (Phi) is 4.95. The summed E-state index contributed by atoms with van der Waals surface area (Å²) in [5.74, 6) is 1.25. The fourth-order valence-electron chi connectivity index (χ4n) is 1.93. The minimum absolute atomic E-state index is 0.210. The van der Waals surface area contributed by atoms with E-state index in [1.807, 2.05) is 30.0 Å². The summed E-state index contributed by atoms with van der Waals surface area (Å²) in [5.41, 5.74) is 7.82. The summed E-state index contributed by atoms with van der Waals surface area (Å²) in [4.78, 5) is 14.8. The first-order chi connectivity index (χ1) is 10.0. The predicted molar refractivity (Wildman–Crippen MR) is 90.0 cm³/mol. The summed E-state index contributed by atoms with van der Waals surface area (Å²) in [6, 6.07) is 5.98. The largest absolute Gasteiger partial charge is 0.368 e. The predicted octanol–water partition coefficient (Wildman–Crippen LogP) is 3.11. The second-order valence-electron chi connectivity index (χ2n) is 4.57. The highest BCUT2D eigenvalue weighted by Crippen LogP contribution is 2.23. The number of nitrogens with one attached hydrogen (secondary N) is 1. The molecule has 0 aliphatic rings. The van der Waals surface area contributed by atoms with Gasteiger partial charge in [0.05, 0.1) is 0 Å². The molecule has 2 rings (SSSR count). The Balaban J connectivity index is 2.34. The first kappa shape index (κ1) is 15.5. The van der Waals surface area contributed by atoms with E-state index in [0.717, 1.165) is 28.8 Å². The van der Waals surface area contributed by atoms with Crippen molar-refractivity contribution in [2.45, 2.75) is 20.8 Å². The second-order valence-corrected chi connectivity index (χ2v) is 5.49. The fraction of sp³-hybridized carbons (Fsp3) is 0.357. The van der Waals surface area contributed by atoms with Crippen LogP contribution < -0.4 is 16.0 Å². The van der Waals surface area contributed by atoms with Gasteiger partial charge in [0.15, 0.2) is 0 Å². The number of nitrogen functional groups attached to an aromatic ring is 1. The van der Waals surface area contributed by atoms with Crippen molar-refractivity contribution in [2.75, 3.05) is 29.0 Å². The van der Waals surface area contributed by atoms with Crippen molar-refractivity contribution in [3.63, 3.8) is 0 Å². The molecule has 21 heavy (non-hydrogen) atoms. The zero-order valence-electron chi connectivity index (χ0n) is 12.4. The number of hydrogen-bond donors (Lipinski definition) is 2. The van der Waals surface area contributed by atoms with Crippen molar-refractivity contribution in [3.8, 4) is 0 Å². The van der Waals surface area contributed by atoms with E-state index in [0.29, 0.717) is 11.9 Å². The van der Waals surface area contributed by atoms with Gasteiger partial charge in [-0.15, -0.1) is 0 Å². The SMILES string of the molecule is CCN(CC)c1nc(N)nc(Nc2cc(Br)ccc2C)n1. The van der Waals surface area contributed by atoms with Crippen LogP contribution in [0.3, 0.4) is 0 Å². The lowest BCUT2D eigenvalue weighted by Gasteiger charge is -2.19. The molecule has 0 amide bonds. The smallest absolute Gasteiger partial charge is 0.233 e. The van der Waals surface area contributed by atoms with Crippen molar-refractivity contribution >= 4 is 39.5 Å². The Labute approximate surface area is 132 Å². The maximum atomic E-state index is 5.79. The summed E-state index contributed by atoms with van der Waals surface area (Å²) < 4.78 is 0.988. The molecule has 0 fully saturated rings. The number of hydrogen-bond acceptors (Lipinski definition) is 6. The standard InChI is InChI=1S/C14H19BrN6/c1-4-21(5-2)14-19-12(16)18-13(20-14)17-11-8-10(15)7-6-9(11)3/h6-8H,4-5H2,1-3H3,(H3,16,17,18,19,20). The molecule has 0 radical (unpaired) electrons. The Morgan fingerprint density at radius 2 is 1.90 bits per heavy atom. The van der Waals surface area contributed by atoms with Crippen molar-refractivity contribution in [3.05, 3.63) is 28.2 Å². The van der Waals surface area contributed by atoms with E-state index in [9.17, 15) is 0 Å². The normalized spacial score (nSPS) is 10.5. The molecular weight excluding hydrogens is 332 g/mol. The van der Waals surface area contributed by atoms with E-state index in [1.165, 1.54) is 0 Å². The van der Waals surface area contributed by atoms with Gasteiger partial charge in [0.25, 0.3) is 0 Å². The van der Waals surface area contributed by atoms with Crippen LogP contribution in [0.5, 0.6) is 0 Å². The van der Waals surface area contributed by atoms with Crippen molar-refractivity contribution in [1.29, 1.82) is 0 Å². The molecule has 0 saturated carbocycles. The Morgan fingerprint density at radius 3 is 2.57 bits per heavy atom. The van der Waals surface area contributed by atoms with Crippen LogP contribution in [-0.4, -0.2) is 28.0 Å². The van der Waals surface area contributed by atoms with E-state index in [1.54, 1.807) is 0 Å². The number of rotatable bonds is 5. The lowest BCUT2D eigenvalue weighted by atomic mass is 10.2. The number of aryl methyl sites for hydroxylation is 1. The van der Waals surface area contributed by atoms with Crippen LogP contribution >= 0.6 is 15.9 Å². The average molecular weight is 351 g/mol. The highest BCUT2D eigenvalue weighted by molar-refractivity contribution is 9.10. The highest BCUT2D eigenvalue weighted by Gasteiger charge is 2.10. The Morgan fingerprint density at radius 1 is 1.19 bits per heavy atom. The van der Waals surface area contributed by atoms with E-state index in [-0.39, 0.29) is 5.95 Å². The average Bonchev–Trinajstić information content (AvgIpc) is 2.44. The quantitative estimate of drug-likeness (QED) is 0.862. The van der Waals surface area contributed by atoms with E-state index in [4.69, 9.17) is 5.73 Å². The van der Waals surface area contributed by atoms with E-state index < -0.39 is 0 Å². The molecule has 112 valence electrons. The minimum Gasteiger partial charge on any atom is -0.368 e. The maximum absolute atomic E-state index is 5.79. The fourth-order valence-corrected chi connectivity index (χ4v) is 2.29. The highest BCUT2D eigenvalue weighted by atomic mass is 79.9. The van der Waals surface area contributed by atoms with Gasteiger partial charge >= 0.3 is 0 Å². The maximum Gasteiger partial charge on any atom is 0.233 e. The molecule has 1 aromatic carbocycles. The molecule has 0 saturated heterocycles. The van der Waals surface area contributed by atoms with Crippen molar-refractivity contribution < 1.29 is 0 Å². The third kappa shape index (κ3) is 3.81. The van der Waals surface area contributed by atoms with Crippen LogP contribution in [-0.2, 0) is 0 Å². The topological polar surface area (TPSA) is 80.0 Å². The molecule has 0 aliphatic heterocycles. The Hall–Kier alpha value is -1.89. The third-order valence-corrected chi connectivity index (χ3v) is 3.63. The van der Waals surface area contributed by atoms with Crippen molar-refractivity contribution in [1.82, 2.24) is 15.0 Å². The monoisotopic (exact) mass is 350 g/mol. The Bertz CT molecular complexity index is 627. The van der Waals surface area contributed by atoms with Crippen LogP contribution in [0, 0.1) is 6.92 Å². The number of nitrogens with zero attached hydrogens (tertiary/aromatic N) is 4. The van der Waals surface area contributed by atoms with Gasteiger partial charge in [-0.3, -0.25) is 0 Å². The molecule has 1 heterocycles. The van der Waals surface area contributed by atoms with Crippen LogP contribution in [0.15, 0.2) is 22.7 Å². The molecule has 1 aromatic heterocycles. The third-order valence-electron chi connectivity index (χ3n) is 3.13. The summed E-state index contributed by atoms with van der Waals surface area (Å²) in [6.07, 6.45) is 0. The van der Waals surface area contributed by atoms with Gasteiger partial charge in [-0.05, 0) is 38.5 Å². The molecule has 0 atom stereocenters. The van der Waals surface area contributed by atoms with Gasteiger partial charge in [0.1, 0.15) is 0 Å². The molecule has 2 aromatic rings. The van der Waals surface area contributed by atoms with Gasteiger partial charge in [0.2, 0.25) is 17.8 Å². The van der Waals surface area contributed by atoms with Gasteiger partial charge in [-0.2, -0.15) is 15.0 Å². The summed E-state index contributed by atoms with van der Waals surface area (Å²) in [7, 11) is 0. The van der Waals surface area contributed by atoms with E-state index >= 15 is 0 Å². The molecule has 0 spiro atoms. The first-order valence-corrected chi connectivity index (χ1v) is 7.62. The zero-order chi connectivity index (χ0) is 15.4. The second kappa shape index (κ2) is 6.71. The number of halogens is 1. The summed E-state index contributed by atoms with van der Waals surface area (Å²) >= 11 is 3.46. The van der Waals surface area contributed by atoms with Gasteiger partial charge in [-0.25, -0.2) is 0 Å². The minimum atomic E-state index is 0.210. The lowest BCUT2D eigenvalue weighted by molar-refractivity contribution is 0.816. The molecular formula is C14H19BrN6. The van der Waals surface area contributed by atoms with Crippen LogP contribution in [0.2, 0.25) is 0 Å². The summed E-state index contributed by atoms with van der Waals surface area (Å²) in [5, 5.41) is 3.20. The molecule has 0 bridgehead atoms. The van der Waals surface area contributed by atoms with E-state index in [2.05, 4.69) is 50.0 Å². The number of nitrogens with two attached hydrogens (primary N) is 1. The van der Waals surface area contributed by atoms with Crippen molar-refractivity contribution in [2.24, 2.45) is 0 Å². The number of benzene rings is 1. The molecule has 7 heteroatoms. The summed E-state index contributed by atoms with van der Waals surface area (Å²) in [6.45, 7) is 7.75. The van der Waals surface area contributed by atoms with Gasteiger partial charge in [0, 0.05) is 23.2 Å². The molecule has 0 aliphatic carbocycles. The lowest BCUT2D eigenvalue weighted by Crippen LogP contribution is -2.25.